The van der Waals surface area contributed by atoms with Crippen LogP contribution in [0.25, 0.3) is 6.08 Å². The molecule has 1 saturated heterocycles. The molecule has 3 heteroatoms. The van der Waals surface area contributed by atoms with Gasteiger partial charge in [-0.25, -0.2) is 0 Å². The van der Waals surface area contributed by atoms with E-state index in [9.17, 15) is 4.79 Å². The van der Waals surface area contributed by atoms with Crippen molar-refractivity contribution in [2.75, 3.05) is 18.9 Å². The summed E-state index contributed by atoms with van der Waals surface area (Å²) >= 11 is 0. The van der Waals surface area contributed by atoms with E-state index in [2.05, 4.69) is 42.4 Å². The minimum Gasteiger partial charge on any atom is -0.322 e. The lowest BCUT2D eigenvalue weighted by Gasteiger charge is -2.33. The second kappa shape index (κ2) is 8.81. The monoisotopic (exact) mass is 348 g/mol. The van der Waals surface area contributed by atoms with Crippen molar-refractivity contribution in [3.05, 3.63) is 71.3 Å². The van der Waals surface area contributed by atoms with Crippen molar-refractivity contribution < 1.29 is 4.79 Å². The summed E-state index contributed by atoms with van der Waals surface area (Å²) in [5, 5.41) is 3.00. The first kappa shape index (κ1) is 18.4. The number of hydrogen-bond acceptors (Lipinski definition) is 2. The molecule has 1 N–H and O–H groups in total. The maximum absolute atomic E-state index is 12.4. The minimum atomic E-state index is -0.0855. The fourth-order valence-corrected chi connectivity index (χ4v) is 3.72. The van der Waals surface area contributed by atoms with E-state index in [4.69, 9.17) is 0 Å². The van der Waals surface area contributed by atoms with E-state index in [0.29, 0.717) is 6.04 Å². The molecule has 0 saturated carbocycles. The number of nitrogens with zero attached hydrogens (tertiary/aromatic N) is 1. The molecule has 136 valence electrons. The number of nitrogens with one attached hydrogen (secondary N) is 1. The van der Waals surface area contributed by atoms with E-state index in [1.807, 2.05) is 36.4 Å². The number of para-hydroxylation sites is 1. The predicted octanol–water partition coefficient (Wildman–Crippen LogP) is 5.06. The van der Waals surface area contributed by atoms with Gasteiger partial charge in [0.1, 0.15) is 0 Å². The maximum atomic E-state index is 12.4. The standard InChI is InChI=1S/C23H28N2O/c1-3-18-10-5-7-13-21(18)24-23(26)16-15-19-11-4-6-12-20(19)22-14-8-9-17-25(22)2/h4-7,10-13,15-16,22H,3,8-9,14,17H2,1-2H3,(H,24,26). The molecule has 3 nitrogen and oxygen atoms in total. The highest BCUT2D eigenvalue weighted by atomic mass is 16.1. The summed E-state index contributed by atoms with van der Waals surface area (Å²) in [7, 11) is 2.19. The zero-order valence-corrected chi connectivity index (χ0v) is 15.7. The van der Waals surface area contributed by atoms with Crippen LogP contribution in [-0.2, 0) is 11.2 Å². The average Bonchev–Trinajstić information content (AvgIpc) is 2.67. The van der Waals surface area contributed by atoms with Crippen LogP contribution in [0.15, 0.2) is 54.6 Å². The van der Waals surface area contributed by atoms with Crippen LogP contribution in [0.4, 0.5) is 5.69 Å². The van der Waals surface area contributed by atoms with Crippen LogP contribution >= 0.6 is 0 Å². The Morgan fingerprint density at radius 1 is 1.15 bits per heavy atom. The third kappa shape index (κ3) is 4.41. The minimum absolute atomic E-state index is 0.0855. The molecule has 1 fully saturated rings. The van der Waals surface area contributed by atoms with Crippen molar-refractivity contribution >= 4 is 17.7 Å². The van der Waals surface area contributed by atoms with E-state index in [1.165, 1.54) is 24.8 Å². The van der Waals surface area contributed by atoms with Crippen molar-refractivity contribution in [2.45, 2.75) is 38.6 Å². The summed E-state index contributed by atoms with van der Waals surface area (Å²) in [5.74, 6) is -0.0855. The van der Waals surface area contributed by atoms with Crippen LogP contribution in [0.1, 0.15) is 48.9 Å². The van der Waals surface area contributed by atoms with Gasteiger partial charge in [-0.3, -0.25) is 9.69 Å². The van der Waals surface area contributed by atoms with Gasteiger partial charge in [-0.15, -0.1) is 0 Å². The SMILES string of the molecule is CCc1ccccc1NC(=O)C=Cc1ccccc1C1CCCCN1C. The molecule has 2 aromatic carbocycles. The Bertz CT molecular complexity index is 781. The third-order valence-corrected chi connectivity index (χ3v) is 5.20. The number of anilines is 1. The van der Waals surface area contributed by atoms with Gasteiger partial charge in [-0.2, -0.15) is 0 Å². The van der Waals surface area contributed by atoms with Gasteiger partial charge in [0.2, 0.25) is 5.91 Å². The number of hydrogen-bond donors (Lipinski definition) is 1. The third-order valence-electron chi connectivity index (χ3n) is 5.20. The van der Waals surface area contributed by atoms with E-state index < -0.39 is 0 Å². The molecule has 0 aliphatic carbocycles. The summed E-state index contributed by atoms with van der Waals surface area (Å²) in [6.07, 6.45) is 8.20. The Morgan fingerprint density at radius 3 is 2.73 bits per heavy atom. The topological polar surface area (TPSA) is 32.3 Å². The number of rotatable bonds is 5. The van der Waals surface area contributed by atoms with Crippen LogP contribution in [-0.4, -0.2) is 24.4 Å². The fourth-order valence-electron chi connectivity index (χ4n) is 3.72. The predicted molar refractivity (Wildman–Crippen MR) is 109 cm³/mol. The lowest BCUT2D eigenvalue weighted by Crippen LogP contribution is -2.30. The van der Waals surface area contributed by atoms with Crippen molar-refractivity contribution in [3.63, 3.8) is 0 Å². The van der Waals surface area contributed by atoms with Crippen LogP contribution in [0.2, 0.25) is 0 Å². The number of piperidine rings is 1. The molecule has 0 radical (unpaired) electrons. The molecule has 26 heavy (non-hydrogen) atoms. The van der Waals surface area contributed by atoms with Gasteiger partial charge < -0.3 is 5.32 Å². The highest BCUT2D eigenvalue weighted by molar-refractivity contribution is 6.02. The summed E-state index contributed by atoms with van der Waals surface area (Å²) in [4.78, 5) is 14.8. The molecule has 1 heterocycles. The molecule has 1 amide bonds. The molecule has 1 unspecified atom stereocenters. The number of benzene rings is 2. The van der Waals surface area contributed by atoms with Gasteiger partial charge in [0.15, 0.2) is 0 Å². The Hall–Kier alpha value is -2.39. The van der Waals surface area contributed by atoms with Gasteiger partial charge in [-0.1, -0.05) is 55.8 Å². The first-order chi connectivity index (χ1) is 12.7. The molecule has 0 spiro atoms. The second-order valence-corrected chi connectivity index (χ2v) is 6.95. The Kier molecular flexibility index (Phi) is 6.24. The fraction of sp³-hybridized carbons (Fsp3) is 0.348. The number of carbonyl (C=O) groups excluding carboxylic acids is 1. The van der Waals surface area contributed by atoms with E-state index in [1.54, 1.807) is 6.08 Å². The molecule has 0 bridgehead atoms. The second-order valence-electron chi connectivity index (χ2n) is 6.95. The summed E-state index contributed by atoms with van der Waals surface area (Å²) in [6, 6.07) is 16.8. The Balaban J connectivity index is 1.75. The number of carbonyl (C=O) groups is 1. The van der Waals surface area contributed by atoms with Crippen LogP contribution in [0, 0.1) is 0 Å². The van der Waals surface area contributed by atoms with E-state index >= 15 is 0 Å². The first-order valence-electron chi connectivity index (χ1n) is 9.55. The molecule has 2 aromatic rings. The molecule has 1 aliphatic heterocycles. The van der Waals surface area contributed by atoms with Gasteiger partial charge in [-0.05, 0) is 61.7 Å². The summed E-state index contributed by atoms with van der Waals surface area (Å²) in [6.45, 7) is 3.23. The Morgan fingerprint density at radius 2 is 1.92 bits per heavy atom. The Labute approximate surface area is 156 Å². The molecular formula is C23H28N2O. The number of aryl methyl sites for hydroxylation is 1. The van der Waals surface area contributed by atoms with Crippen molar-refractivity contribution in [2.24, 2.45) is 0 Å². The molecule has 0 aromatic heterocycles. The molecule has 1 aliphatic rings. The zero-order chi connectivity index (χ0) is 18.4. The van der Waals surface area contributed by atoms with Gasteiger partial charge in [0.05, 0.1) is 0 Å². The van der Waals surface area contributed by atoms with Gasteiger partial charge in [0, 0.05) is 17.8 Å². The zero-order valence-electron chi connectivity index (χ0n) is 15.7. The van der Waals surface area contributed by atoms with E-state index in [0.717, 1.165) is 29.8 Å². The normalized spacial score (nSPS) is 18.2. The van der Waals surface area contributed by atoms with Crippen LogP contribution < -0.4 is 5.32 Å². The first-order valence-corrected chi connectivity index (χ1v) is 9.55. The number of amides is 1. The average molecular weight is 348 g/mol. The number of likely N-dealkylation sites (tertiary alicyclic amines) is 1. The lowest BCUT2D eigenvalue weighted by molar-refractivity contribution is -0.111. The van der Waals surface area contributed by atoms with Crippen LogP contribution in [0.5, 0.6) is 0 Å². The summed E-state index contributed by atoms with van der Waals surface area (Å²) in [5.41, 5.74) is 4.49. The van der Waals surface area contributed by atoms with Gasteiger partial charge >= 0.3 is 0 Å². The molecule has 3 rings (SSSR count). The van der Waals surface area contributed by atoms with Crippen molar-refractivity contribution in [3.8, 4) is 0 Å². The quantitative estimate of drug-likeness (QED) is 0.766. The smallest absolute Gasteiger partial charge is 0.248 e. The summed E-state index contributed by atoms with van der Waals surface area (Å²) < 4.78 is 0. The van der Waals surface area contributed by atoms with Crippen molar-refractivity contribution in [1.29, 1.82) is 0 Å². The van der Waals surface area contributed by atoms with Crippen LogP contribution in [0.3, 0.4) is 0 Å². The molecular weight excluding hydrogens is 320 g/mol. The van der Waals surface area contributed by atoms with E-state index in [-0.39, 0.29) is 5.91 Å². The highest BCUT2D eigenvalue weighted by Crippen LogP contribution is 2.32. The highest BCUT2D eigenvalue weighted by Gasteiger charge is 2.22. The maximum Gasteiger partial charge on any atom is 0.248 e. The molecule has 1 atom stereocenters. The largest absolute Gasteiger partial charge is 0.322 e. The lowest BCUT2D eigenvalue weighted by atomic mass is 9.92. The van der Waals surface area contributed by atoms with Gasteiger partial charge in [0.25, 0.3) is 0 Å². The van der Waals surface area contributed by atoms with Crippen molar-refractivity contribution in [1.82, 2.24) is 4.90 Å².